The minimum absolute atomic E-state index is 0.200. The third-order valence-corrected chi connectivity index (χ3v) is 3.52. The van der Waals surface area contributed by atoms with E-state index in [0.717, 1.165) is 17.7 Å². The van der Waals surface area contributed by atoms with Crippen molar-refractivity contribution in [3.63, 3.8) is 0 Å². The molecule has 1 unspecified atom stereocenters. The summed E-state index contributed by atoms with van der Waals surface area (Å²) in [6, 6.07) is 19.3. The Morgan fingerprint density at radius 1 is 1.00 bits per heavy atom. The zero-order valence-corrected chi connectivity index (χ0v) is 11.2. The summed E-state index contributed by atoms with van der Waals surface area (Å²) in [6.45, 7) is 1.51. The molecule has 1 N–H and O–H groups in total. The summed E-state index contributed by atoms with van der Waals surface area (Å²) >= 11 is 0. The largest absolute Gasteiger partial charge is 0.378 e. The van der Waals surface area contributed by atoms with Gasteiger partial charge in [-0.1, -0.05) is 60.7 Å². The van der Waals surface area contributed by atoms with Gasteiger partial charge >= 0.3 is 0 Å². The van der Waals surface area contributed by atoms with Gasteiger partial charge in [-0.05, 0) is 11.1 Å². The number of epoxide rings is 1. The van der Waals surface area contributed by atoms with Crippen LogP contribution in [0.3, 0.4) is 0 Å². The number of ether oxygens (including phenoxy) is 2. The van der Waals surface area contributed by atoms with Crippen molar-refractivity contribution in [2.45, 2.75) is 11.7 Å². The number of hydrogen-bond donors (Lipinski definition) is 1. The Kier molecular flexibility index (Phi) is 3.83. The molecule has 0 spiro atoms. The SMILES string of the molecule is OC(COCC1CO1)(c1ccccc1)c1ccccc1. The lowest BCUT2D eigenvalue weighted by molar-refractivity contribution is -0.0256. The number of rotatable bonds is 6. The maximum Gasteiger partial charge on any atom is 0.138 e. The molecule has 0 amide bonds. The van der Waals surface area contributed by atoms with Crippen LogP contribution in [0.5, 0.6) is 0 Å². The van der Waals surface area contributed by atoms with E-state index < -0.39 is 5.60 Å². The Labute approximate surface area is 118 Å². The normalized spacial score (nSPS) is 17.9. The summed E-state index contributed by atoms with van der Waals surface area (Å²) in [5, 5.41) is 11.1. The van der Waals surface area contributed by atoms with Crippen molar-refractivity contribution in [2.24, 2.45) is 0 Å². The molecule has 1 fully saturated rings. The van der Waals surface area contributed by atoms with Gasteiger partial charge < -0.3 is 14.6 Å². The van der Waals surface area contributed by atoms with Crippen molar-refractivity contribution >= 4 is 0 Å². The molecule has 2 aromatic rings. The van der Waals surface area contributed by atoms with E-state index >= 15 is 0 Å². The highest BCUT2D eigenvalue weighted by Gasteiger charge is 2.33. The molecular formula is C17H18O3. The van der Waals surface area contributed by atoms with Gasteiger partial charge in [-0.3, -0.25) is 0 Å². The van der Waals surface area contributed by atoms with Crippen molar-refractivity contribution in [1.29, 1.82) is 0 Å². The van der Waals surface area contributed by atoms with Crippen LogP contribution in [0.1, 0.15) is 11.1 Å². The van der Waals surface area contributed by atoms with Crippen molar-refractivity contribution in [2.75, 3.05) is 19.8 Å². The molecule has 0 aromatic heterocycles. The highest BCUT2D eigenvalue weighted by Crippen LogP contribution is 2.30. The van der Waals surface area contributed by atoms with Gasteiger partial charge in [-0.2, -0.15) is 0 Å². The van der Waals surface area contributed by atoms with Crippen LogP contribution in [0.25, 0.3) is 0 Å². The second-order valence-electron chi connectivity index (χ2n) is 5.06. The summed E-state index contributed by atoms with van der Waals surface area (Å²) in [5.74, 6) is 0. The standard InChI is InChI=1S/C17H18O3/c18-17(13-19-11-16-12-20-16,14-7-3-1-4-8-14)15-9-5-2-6-10-15/h1-10,16,18H,11-13H2. The molecule has 3 heteroatoms. The molecule has 20 heavy (non-hydrogen) atoms. The Morgan fingerprint density at radius 3 is 1.95 bits per heavy atom. The molecule has 1 aliphatic rings. The van der Waals surface area contributed by atoms with Gasteiger partial charge in [0.15, 0.2) is 0 Å². The van der Waals surface area contributed by atoms with E-state index in [4.69, 9.17) is 9.47 Å². The second-order valence-corrected chi connectivity index (χ2v) is 5.06. The van der Waals surface area contributed by atoms with Gasteiger partial charge in [0.25, 0.3) is 0 Å². The first-order valence-electron chi connectivity index (χ1n) is 6.82. The van der Waals surface area contributed by atoms with Crippen LogP contribution in [-0.4, -0.2) is 31.0 Å². The second kappa shape index (κ2) is 5.75. The molecule has 0 bridgehead atoms. The first-order valence-corrected chi connectivity index (χ1v) is 6.82. The zero-order chi connectivity index (χ0) is 13.8. The van der Waals surface area contributed by atoms with Crippen molar-refractivity contribution in [3.05, 3.63) is 71.8 Å². The quantitative estimate of drug-likeness (QED) is 0.819. The van der Waals surface area contributed by atoms with Crippen LogP contribution in [0, 0.1) is 0 Å². The third-order valence-electron chi connectivity index (χ3n) is 3.52. The smallest absolute Gasteiger partial charge is 0.138 e. The van der Waals surface area contributed by atoms with E-state index in [1.807, 2.05) is 60.7 Å². The molecule has 3 rings (SSSR count). The number of benzene rings is 2. The summed E-state index contributed by atoms with van der Waals surface area (Å²) < 4.78 is 10.8. The minimum Gasteiger partial charge on any atom is -0.378 e. The molecule has 1 atom stereocenters. The Bertz CT molecular complexity index is 495. The minimum atomic E-state index is -1.13. The fraction of sp³-hybridized carbons (Fsp3) is 0.294. The third kappa shape index (κ3) is 2.90. The van der Waals surface area contributed by atoms with E-state index in [9.17, 15) is 5.11 Å². The molecule has 1 saturated heterocycles. The highest BCUT2D eigenvalue weighted by molar-refractivity contribution is 5.35. The summed E-state index contributed by atoms with van der Waals surface area (Å²) in [7, 11) is 0. The van der Waals surface area contributed by atoms with Crippen LogP contribution in [0.4, 0.5) is 0 Å². The average molecular weight is 270 g/mol. The summed E-state index contributed by atoms with van der Waals surface area (Å²) in [5.41, 5.74) is 0.544. The van der Waals surface area contributed by atoms with Crippen LogP contribution < -0.4 is 0 Å². The zero-order valence-electron chi connectivity index (χ0n) is 11.2. The molecule has 1 aliphatic heterocycles. The first kappa shape index (κ1) is 13.3. The van der Waals surface area contributed by atoms with Crippen LogP contribution in [-0.2, 0) is 15.1 Å². The lowest BCUT2D eigenvalue weighted by atomic mass is 9.87. The topological polar surface area (TPSA) is 42.0 Å². The van der Waals surface area contributed by atoms with E-state index in [0.29, 0.717) is 6.61 Å². The van der Waals surface area contributed by atoms with Gasteiger partial charge in [0.2, 0.25) is 0 Å². The fourth-order valence-corrected chi connectivity index (χ4v) is 2.26. The number of hydrogen-bond acceptors (Lipinski definition) is 3. The summed E-state index contributed by atoms with van der Waals surface area (Å²) in [4.78, 5) is 0. The van der Waals surface area contributed by atoms with Crippen molar-refractivity contribution in [3.8, 4) is 0 Å². The maximum absolute atomic E-state index is 11.1. The van der Waals surface area contributed by atoms with Crippen molar-refractivity contribution in [1.82, 2.24) is 0 Å². The van der Waals surface area contributed by atoms with Gasteiger partial charge in [0.05, 0.1) is 19.8 Å². The molecule has 104 valence electrons. The lowest BCUT2D eigenvalue weighted by Crippen LogP contribution is -2.33. The van der Waals surface area contributed by atoms with Gasteiger partial charge in [-0.25, -0.2) is 0 Å². The molecule has 0 radical (unpaired) electrons. The summed E-state index contributed by atoms with van der Waals surface area (Å²) in [6.07, 6.45) is 0.200. The van der Waals surface area contributed by atoms with Gasteiger partial charge in [0.1, 0.15) is 11.7 Å². The molecule has 1 heterocycles. The first-order chi connectivity index (χ1) is 9.79. The molecule has 0 saturated carbocycles. The Morgan fingerprint density at radius 2 is 1.50 bits per heavy atom. The lowest BCUT2D eigenvalue weighted by Gasteiger charge is -2.29. The molecule has 3 nitrogen and oxygen atoms in total. The molecular weight excluding hydrogens is 252 g/mol. The van der Waals surface area contributed by atoms with Gasteiger partial charge in [-0.15, -0.1) is 0 Å². The van der Waals surface area contributed by atoms with E-state index in [1.165, 1.54) is 0 Å². The Hall–Kier alpha value is -1.68. The predicted octanol–water partition coefficient (Wildman–Crippen LogP) is 2.34. The van der Waals surface area contributed by atoms with Gasteiger partial charge in [0, 0.05) is 0 Å². The Balaban J connectivity index is 1.85. The monoisotopic (exact) mass is 270 g/mol. The predicted molar refractivity (Wildman–Crippen MR) is 76.4 cm³/mol. The highest BCUT2D eigenvalue weighted by atomic mass is 16.6. The maximum atomic E-state index is 11.1. The van der Waals surface area contributed by atoms with Crippen LogP contribution in [0.15, 0.2) is 60.7 Å². The fourth-order valence-electron chi connectivity index (χ4n) is 2.26. The van der Waals surface area contributed by atoms with Crippen LogP contribution in [0.2, 0.25) is 0 Å². The van der Waals surface area contributed by atoms with E-state index in [1.54, 1.807) is 0 Å². The van der Waals surface area contributed by atoms with Crippen LogP contribution >= 0.6 is 0 Å². The number of aliphatic hydroxyl groups is 1. The molecule has 2 aromatic carbocycles. The average Bonchev–Trinajstić information content (AvgIpc) is 3.33. The van der Waals surface area contributed by atoms with E-state index in [2.05, 4.69) is 0 Å². The van der Waals surface area contributed by atoms with E-state index in [-0.39, 0.29) is 12.7 Å². The molecule has 0 aliphatic carbocycles. The van der Waals surface area contributed by atoms with Crippen molar-refractivity contribution < 1.29 is 14.6 Å².